The summed E-state index contributed by atoms with van der Waals surface area (Å²) < 4.78 is 27.5. The molecule has 0 aromatic heterocycles. The Bertz CT molecular complexity index is 617. The number of rotatable bonds is 3. The van der Waals surface area contributed by atoms with Gasteiger partial charge in [0.25, 0.3) is 0 Å². The van der Waals surface area contributed by atoms with Gasteiger partial charge in [-0.05, 0) is 58.0 Å². The van der Waals surface area contributed by atoms with E-state index in [1.54, 1.807) is 4.31 Å². The average molecular weight is 431 g/mol. The van der Waals surface area contributed by atoms with Crippen LogP contribution in [0.3, 0.4) is 0 Å². The molecule has 3 aliphatic rings. The van der Waals surface area contributed by atoms with E-state index in [9.17, 15) is 8.42 Å². The van der Waals surface area contributed by atoms with Gasteiger partial charge in [-0.2, -0.15) is 0 Å². The Morgan fingerprint density at radius 2 is 1.68 bits per heavy atom. The van der Waals surface area contributed by atoms with E-state index in [4.69, 9.17) is 0 Å². The fourth-order valence-electron chi connectivity index (χ4n) is 4.29. The first kappa shape index (κ1) is 19.6. The van der Waals surface area contributed by atoms with Crippen LogP contribution in [0.5, 0.6) is 0 Å². The van der Waals surface area contributed by atoms with Gasteiger partial charge in [0, 0.05) is 24.0 Å². The Labute approximate surface area is 161 Å². The third-order valence-corrected chi connectivity index (χ3v) is 9.32. The molecule has 1 aliphatic carbocycles. The molecule has 142 valence electrons. The van der Waals surface area contributed by atoms with Crippen molar-refractivity contribution in [3.05, 3.63) is 24.3 Å². The summed E-state index contributed by atoms with van der Waals surface area (Å²) in [4.78, 5) is 2.69. The van der Waals surface area contributed by atoms with Crippen LogP contribution in [0.25, 0.3) is 0 Å². The van der Waals surface area contributed by atoms with Crippen LogP contribution in [0.2, 0.25) is 0 Å². The standard InChI is InChI=1S/C19H31BrN2O2S/c1-16-6-11-21(12-7-16)18-8-13-22(14-9-18)25(23,24)19(2)10-4-3-5-17(20)15-19/h3-5,10,16-18H,6-9,11-15H2,1-2H3. The van der Waals surface area contributed by atoms with Gasteiger partial charge in [-0.3, -0.25) is 0 Å². The maximum atomic E-state index is 13.3. The van der Waals surface area contributed by atoms with Crippen molar-refractivity contribution in [2.75, 3.05) is 26.2 Å². The average Bonchev–Trinajstić information content (AvgIpc) is 2.77. The van der Waals surface area contributed by atoms with Gasteiger partial charge in [0.05, 0.1) is 0 Å². The van der Waals surface area contributed by atoms with Crippen LogP contribution < -0.4 is 0 Å². The van der Waals surface area contributed by atoms with E-state index in [2.05, 4.69) is 27.8 Å². The molecule has 2 atom stereocenters. The molecular formula is C19H31BrN2O2S. The van der Waals surface area contributed by atoms with Gasteiger partial charge in [-0.1, -0.05) is 47.2 Å². The molecule has 25 heavy (non-hydrogen) atoms. The van der Waals surface area contributed by atoms with E-state index in [0.29, 0.717) is 25.6 Å². The second kappa shape index (κ2) is 7.83. The van der Waals surface area contributed by atoms with E-state index in [1.807, 2.05) is 31.2 Å². The Morgan fingerprint density at radius 1 is 1.04 bits per heavy atom. The van der Waals surface area contributed by atoms with Gasteiger partial charge in [-0.25, -0.2) is 12.7 Å². The van der Waals surface area contributed by atoms with Gasteiger partial charge in [0.15, 0.2) is 0 Å². The number of nitrogens with zero attached hydrogens (tertiary/aromatic N) is 2. The van der Waals surface area contributed by atoms with Gasteiger partial charge in [0.1, 0.15) is 4.75 Å². The molecular weight excluding hydrogens is 400 g/mol. The molecule has 2 fully saturated rings. The fourth-order valence-corrected chi connectivity index (χ4v) is 7.28. The second-order valence-electron chi connectivity index (χ2n) is 8.13. The van der Waals surface area contributed by atoms with Crippen molar-refractivity contribution in [2.45, 2.75) is 61.6 Å². The van der Waals surface area contributed by atoms with Crippen LogP contribution in [-0.4, -0.2) is 59.4 Å². The lowest BCUT2D eigenvalue weighted by Crippen LogP contribution is -2.53. The van der Waals surface area contributed by atoms with Crippen molar-refractivity contribution >= 4 is 26.0 Å². The van der Waals surface area contributed by atoms with Crippen molar-refractivity contribution < 1.29 is 8.42 Å². The van der Waals surface area contributed by atoms with Crippen molar-refractivity contribution in [2.24, 2.45) is 5.92 Å². The first-order valence-corrected chi connectivity index (χ1v) is 11.9. The smallest absolute Gasteiger partial charge is 0.223 e. The molecule has 6 heteroatoms. The maximum Gasteiger partial charge on any atom is 0.223 e. The van der Waals surface area contributed by atoms with E-state index in [0.717, 1.165) is 18.8 Å². The highest BCUT2D eigenvalue weighted by molar-refractivity contribution is 9.09. The maximum absolute atomic E-state index is 13.3. The molecule has 2 saturated heterocycles. The van der Waals surface area contributed by atoms with Crippen molar-refractivity contribution in [3.63, 3.8) is 0 Å². The van der Waals surface area contributed by atoms with Crippen LogP contribution in [0, 0.1) is 5.92 Å². The number of alkyl halides is 1. The summed E-state index contributed by atoms with van der Waals surface area (Å²) in [6.45, 7) is 7.86. The summed E-state index contributed by atoms with van der Waals surface area (Å²) in [7, 11) is -3.35. The predicted molar refractivity (Wildman–Crippen MR) is 108 cm³/mol. The molecule has 0 saturated carbocycles. The summed E-state index contributed by atoms with van der Waals surface area (Å²) in [5.74, 6) is 0.837. The second-order valence-corrected chi connectivity index (χ2v) is 11.7. The predicted octanol–water partition coefficient (Wildman–Crippen LogP) is 3.55. The quantitative estimate of drug-likeness (QED) is 0.642. The number of sulfonamides is 1. The lowest BCUT2D eigenvalue weighted by molar-refractivity contribution is 0.100. The third kappa shape index (κ3) is 4.23. The molecule has 2 aliphatic heterocycles. The first-order valence-electron chi connectivity index (χ1n) is 9.56. The summed E-state index contributed by atoms with van der Waals surface area (Å²) in [5, 5.41) is 0. The van der Waals surface area contributed by atoms with Gasteiger partial charge in [-0.15, -0.1) is 0 Å². The fraction of sp³-hybridized carbons (Fsp3) is 0.789. The molecule has 0 aromatic carbocycles. The number of hydrogen-bond donors (Lipinski definition) is 0. The molecule has 0 amide bonds. The summed E-state index contributed by atoms with van der Waals surface area (Å²) in [6.07, 6.45) is 12.7. The van der Waals surface area contributed by atoms with Crippen LogP contribution in [0.1, 0.15) is 46.0 Å². The Balaban J connectivity index is 1.63. The molecule has 3 rings (SSSR count). The normalized spacial score (nSPS) is 34.3. The van der Waals surface area contributed by atoms with Crippen LogP contribution in [0.15, 0.2) is 24.3 Å². The van der Waals surface area contributed by atoms with Gasteiger partial charge >= 0.3 is 0 Å². The zero-order valence-electron chi connectivity index (χ0n) is 15.4. The highest BCUT2D eigenvalue weighted by atomic mass is 79.9. The molecule has 2 unspecified atom stereocenters. The Kier molecular flexibility index (Phi) is 6.13. The number of hydrogen-bond acceptors (Lipinski definition) is 3. The molecule has 4 nitrogen and oxygen atoms in total. The first-order chi connectivity index (χ1) is 11.8. The number of halogens is 1. The van der Waals surface area contributed by atoms with Crippen LogP contribution >= 0.6 is 15.9 Å². The minimum atomic E-state index is -3.35. The largest absolute Gasteiger partial charge is 0.300 e. The Morgan fingerprint density at radius 3 is 2.32 bits per heavy atom. The minimum Gasteiger partial charge on any atom is -0.300 e. The molecule has 2 heterocycles. The van der Waals surface area contributed by atoms with Gasteiger partial charge in [0.2, 0.25) is 10.0 Å². The monoisotopic (exact) mass is 430 g/mol. The topological polar surface area (TPSA) is 40.6 Å². The zero-order chi connectivity index (χ0) is 18.1. The van der Waals surface area contributed by atoms with E-state index >= 15 is 0 Å². The summed E-state index contributed by atoms with van der Waals surface area (Å²) in [5.41, 5.74) is 0. The van der Waals surface area contributed by atoms with Crippen LogP contribution in [0.4, 0.5) is 0 Å². The number of allylic oxidation sites excluding steroid dienone is 3. The van der Waals surface area contributed by atoms with E-state index in [1.165, 1.54) is 25.9 Å². The molecule has 0 bridgehead atoms. The lowest BCUT2D eigenvalue weighted by Gasteiger charge is -2.42. The summed E-state index contributed by atoms with van der Waals surface area (Å²) >= 11 is 3.58. The minimum absolute atomic E-state index is 0.0927. The third-order valence-electron chi connectivity index (χ3n) is 6.17. The zero-order valence-corrected chi connectivity index (χ0v) is 17.8. The van der Waals surface area contributed by atoms with E-state index in [-0.39, 0.29) is 4.83 Å². The SMILES string of the molecule is CC1CCN(C2CCN(S(=O)(=O)C3(C)C=CC=CC(Br)C3)CC2)CC1. The van der Waals surface area contributed by atoms with Crippen molar-refractivity contribution in [1.82, 2.24) is 9.21 Å². The molecule has 0 radical (unpaired) electrons. The highest BCUT2D eigenvalue weighted by Gasteiger charge is 2.44. The Hall–Kier alpha value is -0.170. The molecule has 0 N–H and O–H groups in total. The van der Waals surface area contributed by atoms with Crippen molar-refractivity contribution in [3.8, 4) is 0 Å². The number of piperidine rings is 2. The van der Waals surface area contributed by atoms with Gasteiger partial charge < -0.3 is 4.90 Å². The summed E-state index contributed by atoms with van der Waals surface area (Å²) in [6, 6.07) is 0.557. The lowest BCUT2D eigenvalue weighted by atomic mass is 9.95. The molecule has 0 aromatic rings. The number of likely N-dealkylation sites (tertiary alicyclic amines) is 1. The molecule has 0 spiro atoms. The highest BCUT2D eigenvalue weighted by Crippen LogP contribution is 2.34. The van der Waals surface area contributed by atoms with Crippen molar-refractivity contribution in [1.29, 1.82) is 0 Å². The van der Waals surface area contributed by atoms with Crippen LogP contribution in [-0.2, 0) is 10.0 Å². The van der Waals surface area contributed by atoms with E-state index < -0.39 is 14.8 Å².